The van der Waals surface area contributed by atoms with Gasteiger partial charge in [0.2, 0.25) is 5.91 Å². The molecule has 0 fully saturated rings. The summed E-state index contributed by atoms with van der Waals surface area (Å²) in [5.74, 6) is 0.433. The average molecular weight is 273 g/mol. The smallest absolute Gasteiger partial charge is 0.250 e. The number of hydrogen-bond acceptors (Lipinski definition) is 1. The third kappa shape index (κ3) is 2.39. The Morgan fingerprint density at radius 3 is 2.58 bits per heavy atom. The number of amides is 1. The van der Waals surface area contributed by atoms with Gasteiger partial charge in [-0.1, -0.05) is 50.8 Å². The lowest BCUT2D eigenvalue weighted by Crippen LogP contribution is -2.43. The summed E-state index contributed by atoms with van der Waals surface area (Å²) in [6.07, 6.45) is 1.43. The Balaban J connectivity index is 2.69. The Kier molecular flexibility index (Phi) is 3.43. The number of carbonyl (C=O) groups excluding carboxylic acids is 1. The molecule has 2 nitrogen and oxygen atoms in total. The van der Waals surface area contributed by atoms with Gasteiger partial charge in [0.1, 0.15) is 0 Å². The Morgan fingerprint density at radius 2 is 2.05 bits per heavy atom. The Bertz CT molecular complexity index is 542. The third-order valence-electron chi connectivity index (χ3n) is 3.79. The van der Waals surface area contributed by atoms with Crippen molar-refractivity contribution in [3.63, 3.8) is 0 Å². The molecule has 0 bridgehead atoms. The lowest BCUT2D eigenvalue weighted by Gasteiger charge is -2.26. The molecule has 0 spiro atoms. The first kappa shape index (κ1) is 14.1. The maximum Gasteiger partial charge on any atom is 0.250 e. The van der Waals surface area contributed by atoms with Crippen LogP contribution < -0.4 is 10.1 Å². The van der Waals surface area contributed by atoms with Crippen LogP contribution >= 0.6 is 0 Å². The zero-order valence-electron chi connectivity index (χ0n) is 12.6. The van der Waals surface area contributed by atoms with Gasteiger partial charge in [0.15, 0.2) is 0 Å². The zero-order chi connectivity index (χ0) is 14.4. The summed E-state index contributed by atoms with van der Waals surface area (Å²) in [5, 5.41) is 1.39. The molecule has 0 saturated carbocycles. The van der Waals surface area contributed by atoms with Gasteiger partial charge in [0.05, 0.1) is 8.07 Å². The zero-order valence-corrected chi connectivity index (χ0v) is 13.6. The highest BCUT2D eigenvalue weighted by molar-refractivity contribution is 6.90. The fourth-order valence-electron chi connectivity index (χ4n) is 2.83. The van der Waals surface area contributed by atoms with E-state index in [4.69, 9.17) is 0 Å². The Hall–Kier alpha value is -1.35. The van der Waals surface area contributed by atoms with Gasteiger partial charge < -0.3 is 4.90 Å². The van der Waals surface area contributed by atoms with E-state index in [0.29, 0.717) is 5.92 Å². The van der Waals surface area contributed by atoms with Crippen LogP contribution in [-0.4, -0.2) is 20.5 Å². The quantitative estimate of drug-likeness (QED) is 0.598. The van der Waals surface area contributed by atoms with E-state index in [9.17, 15) is 4.79 Å². The van der Waals surface area contributed by atoms with Gasteiger partial charge in [-0.25, -0.2) is 0 Å². The van der Waals surface area contributed by atoms with Crippen molar-refractivity contribution in [3.8, 4) is 0 Å². The number of rotatable bonds is 2. The van der Waals surface area contributed by atoms with Gasteiger partial charge in [-0.3, -0.25) is 4.79 Å². The van der Waals surface area contributed by atoms with Crippen molar-refractivity contribution < 1.29 is 4.79 Å². The molecule has 2 rings (SSSR count). The minimum absolute atomic E-state index is 0.0222. The number of benzene rings is 1. The first-order valence-electron chi connectivity index (χ1n) is 6.84. The lowest BCUT2D eigenvalue weighted by atomic mass is 10.0. The van der Waals surface area contributed by atoms with E-state index in [1.54, 1.807) is 0 Å². The van der Waals surface area contributed by atoms with E-state index in [2.05, 4.69) is 52.2 Å². The SMILES string of the molecule is C=CC(=O)N1C[C@H](C)c2cc(C)cc([Si](C)(C)C)c21. The summed E-state index contributed by atoms with van der Waals surface area (Å²) >= 11 is 0. The molecule has 1 aromatic carbocycles. The summed E-state index contributed by atoms with van der Waals surface area (Å²) in [6, 6.07) is 4.51. The average Bonchev–Trinajstić information content (AvgIpc) is 2.64. The second-order valence-electron chi connectivity index (χ2n) is 6.55. The van der Waals surface area contributed by atoms with E-state index in [1.807, 2.05) is 4.90 Å². The molecule has 102 valence electrons. The van der Waals surface area contributed by atoms with E-state index < -0.39 is 8.07 Å². The van der Waals surface area contributed by atoms with Crippen molar-refractivity contribution in [1.29, 1.82) is 0 Å². The molecule has 0 radical (unpaired) electrons. The van der Waals surface area contributed by atoms with E-state index >= 15 is 0 Å². The molecule has 0 unspecified atom stereocenters. The van der Waals surface area contributed by atoms with Crippen LogP contribution in [0.2, 0.25) is 19.6 Å². The molecule has 0 N–H and O–H groups in total. The third-order valence-corrected chi connectivity index (χ3v) is 5.79. The van der Waals surface area contributed by atoms with Crippen LogP contribution in [0.3, 0.4) is 0 Å². The predicted molar refractivity (Wildman–Crippen MR) is 85.1 cm³/mol. The molecule has 0 aliphatic carbocycles. The first-order valence-corrected chi connectivity index (χ1v) is 10.3. The van der Waals surface area contributed by atoms with Crippen molar-refractivity contribution in [1.82, 2.24) is 0 Å². The van der Waals surface area contributed by atoms with Crippen LogP contribution in [-0.2, 0) is 4.79 Å². The first-order chi connectivity index (χ1) is 8.75. The minimum Gasteiger partial charge on any atom is -0.308 e. The standard InChI is InChI=1S/C16H23NOSi/c1-7-15(18)17-10-12(3)13-8-11(2)9-14(16(13)17)19(4,5)6/h7-9,12H,1,10H2,2-6H3/t12-/m0/s1. The monoisotopic (exact) mass is 273 g/mol. The van der Waals surface area contributed by atoms with Crippen LogP contribution in [0.15, 0.2) is 24.8 Å². The predicted octanol–water partition coefficient (Wildman–Crippen LogP) is 3.18. The highest BCUT2D eigenvalue weighted by Gasteiger charge is 2.34. The summed E-state index contributed by atoms with van der Waals surface area (Å²) < 4.78 is 0. The van der Waals surface area contributed by atoms with Crippen molar-refractivity contribution >= 4 is 24.9 Å². The number of anilines is 1. The van der Waals surface area contributed by atoms with Crippen LogP contribution in [0.4, 0.5) is 5.69 Å². The second-order valence-corrected chi connectivity index (χ2v) is 11.6. The maximum absolute atomic E-state index is 12.1. The van der Waals surface area contributed by atoms with Gasteiger partial charge in [-0.15, -0.1) is 0 Å². The van der Waals surface area contributed by atoms with Crippen molar-refractivity contribution in [2.24, 2.45) is 0 Å². The van der Waals surface area contributed by atoms with E-state index in [0.717, 1.165) is 6.54 Å². The fraction of sp³-hybridized carbons (Fsp3) is 0.438. The van der Waals surface area contributed by atoms with Crippen molar-refractivity contribution in [3.05, 3.63) is 35.9 Å². The van der Waals surface area contributed by atoms with Crippen LogP contribution in [0.5, 0.6) is 0 Å². The van der Waals surface area contributed by atoms with Crippen molar-refractivity contribution in [2.45, 2.75) is 39.4 Å². The highest BCUT2D eigenvalue weighted by atomic mass is 28.3. The molecule has 3 heteroatoms. The number of aryl methyl sites for hydroxylation is 1. The molecular weight excluding hydrogens is 250 g/mol. The summed E-state index contributed by atoms with van der Waals surface area (Å²) in [7, 11) is -1.48. The number of nitrogens with zero attached hydrogens (tertiary/aromatic N) is 1. The number of hydrogen-bond donors (Lipinski definition) is 0. The molecule has 1 aliphatic rings. The molecule has 1 atom stereocenters. The minimum atomic E-state index is -1.48. The Labute approximate surface area is 117 Å². The lowest BCUT2D eigenvalue weighted by molar-refractivity contribution is -0.114. The molecule has 1 aliphatic heterocycles. The normalized spacial score (nSPS) is 18.4. The second kappa shape index (κ2) is 4.64. The van der Waals surface area contributed by atoms with Crippen LogP contribution in [0, 0.1) is 6.92 Å². The molecule has 0 aromatic heterocycles. The summed E-state index contributed by atoms with van der Waals surface area (Å²) in [5.41, 5.74) is 3.80. The summed E-state index contributed by atoms with van der Waals surface area (Å²) in [4.78, 5) is 14.0. The molecule has 1 aromatic rings. The molecular formula is C16H23NOSi. The maximum atomic E-state index is 12.1. The topological polar surface area (TPSA) is 20.3 Å². The largest absolute Gasteiger partial charge is 0.308 e. The molecule has 1 heterocycles. The fourth-order valence-corrected chi connectivity index (χ4v) is 4.48. The van der Waals surface area contributed by atoms with Crippen LogP contribution in [0.25, 0.3) is 0 Å². The van der Waals surface area contributed by atoms with E-state index in [-0.39, 0.29) is 5.91 Å². The Morgan fingerprint density at radius 1 is 1.42 bits per heavy atom. The number of fused-ring (bicyclic) bond motifs is 1. The molecule has 1 amide bonds. The van der Waals surface area contributed by atoms with Gasteiger partial charge in [-0.2, -0.15) is 0 Å². The van der Waals surface area contributed by atoms with Gasteiger partial charge in [0, 0.05) is 18.2 Å². The highest BCUT2D eigenvalue weighted by Crippen LogP contribution is 2.36. The van der Waals surface area contributed by atoms with Gasteiger partial charge in [-0.05, 0) is 23.7 Å². The van der Waals surface area contributed by atoms with Gasteiger partial charge >= 0.3 is 0 Å². The van der Waals surface area contributed by atoms with Gasteiger partial charge in [0.25, 0.3) is 0 Å². The molecule has 19 heavy (non-hydrogen) atoms. The van der Waals surface area contributed by atoms with Crippen molar-refractivity contribution in [2.75, 3.05) is 11.4 Å². The number of carbonyl (C=O) groups is 1. The van der Waals surface area contributed by atoms with E-state index in [1.165, 1.54) is 28.1 Å². The van der Waals surface area contributed by atoms with Crippen LogP contribution in [0.1, 0.15) is 24.0 Å². The summed E-state index contributed by atoms with van der Waals surface area (Å²) in [6.45, 7) is 15.8. The molecule has 0 saturated heterocycles.